The summed E-state index contributed by atoms with van der Waals surface area (Å²) in [5.41, 5.74) is 0. The first kappa shape index (κ1) is 15.8. The summed E-state index contributed by atoms with van der Waals surface area (Å²) < 4.78 is 7.87. The van der Waals surface area contributed by atoms with Crippen LogP contribution in [0.25, 0.3) is 0 Å². The number of nitrogens with one attached hydrogen (secondary N) is 1. The lowest BCUT2D eigenvalue weighted by atomic mass is 10.2. The van der Waals surface area contributed by atoms with Crippen molar-refractivity contribution in [1.82, 2.24) is 20.1 Å². The number of rotatable bonds is 7. The Hall–Kier alpha value is -1.08. The molecule has 6 nitrogen and oxygen atoms in total. The lowest BCUT2D eigenvalue weighted by Crippen LogP contribution is -2.27. The average molecular weight is 324 g/mol. The van der Waals surface area contributed by atoms with Crippen LogP contribution in [-0.4, -0.2) is 45.2 Å². The predicted molar refractivity (Wildman–Crippen MR) is 85.0 cm³/mol. The Bertz CT molecular complexity index is 522. The SMILES string of the molecule is CC(C)c1nnc(SCC(=O)NC2CC2)n1CC1CCCO1. The fraction of sp³-hybridized carbons (Fsp3) is 0.800. The van der Waals surface area contributed by atoms with Gasteiger partial charge in [0.1, 0.15) is 5.82 Å². The van der Waals surface area contributed by atoms with Crippen LogP contribution < -0.4 is 5.32 Å². The molecular weight excluding hydrogens is 300 g/mol. The van der Waals surface area contributed by atoms with Crippen LogP contribution in [0.15, 0.2) is 5.16 Å². The van der Waals surface area contributed by atoms with E-state index >= 15 is 0 Å². The van der Waals surface area contributed by atoms with Crippen molar-refractivity contribution in [1.29, 1.82) is 0 Å². The Morgan fingerprint density at radius 3 is 2.86 bits per heavy atom. The van der Waals surface area contributed by atoms with Crippen molar-refractivity contribution < 1.29 is 9.53 Å². The molecule has 2 aliphatic rings. The van der Waals surface area contributed by atoms with Gasteiger partial charge < -0.3 is 14.6 Å². The van der Waals surface area contributed by atoms with E-state index in [0.29, 0.717) is 17.7 Å². The summed E-state index contributed by atoms with van der Waals surface area (Å²) in [6.07, 6.45) is 4.68. The molecule has 1 N–H and O–H groups in total. The highest BCUT2D eigenvalue weighted by Gasteiger charge is 2.25. The van der Waals surface area contributed by atoms with E-state index in [-0.39, 0.29) is 12.0 Å². The number of hydrogen-bond acceptors (Lipinski definition) is 5. The van der Waals surface area contributed by atoms with Gasteiger partial charge in [-0.25, -0.2) is 0 Å². The van der Waals surface area contributed by atoms with Gasteiger partial charge in [-0.2, -0.15) is 0 Å². The summed E-state index contributed by atoms with van der Waals surface area (Å²) in [5.74, 6) is 1.77. The van der Waals surface area contributed by atoms with Gasteiger partial charge in [0, 0.05) is 18.6 Å². The molecule has 1 unspecified atom stereocenters. The Morgan fingerprint density at radius 1 is 1.41 bits per heavy atom. The van der Waals surface area contributed by atoms with E-state index in [1.54, 1.807) is 0 Å². The lowest BCUT2D eigenvalue weighted by molar-refractivity contribution is -0.118. The molecule has 122 valence electrons. The normalized spacial score (nSPS) is 21.5. The topological polar surface area (TPSA) is 69.0 Å². The molecule has 3 rings (SSSR count). The fourth-order valence-corrected chi connectivity index (χ4v) is 3.39. The van der Waals surface area contributed by atoms with Gasteiger partial charge in [0.25, 0.3) is 0 Å². The maximum Gasteiger partial charge on any atom is 0.230 e. The van der Waals surface area contributed by atoms with Gasteiger partial charge in [0.15, 0.2) is 5.16 Å². The molecule has 2 fully saturated rings. The summed E-state index contributed by atoms with van der Waals surface area (Å²) in [4.78, 5) is 11.8. The molecule has 0 bridgehead atoms. The van der Waals surface area contributed by atoms with Crippen LogP contribution in [0, 0.1) is 0 Å². The third kappa shape index (κ3) is 4.01. The molecule has 7 heteroatoms. The molecule has 1 aliphatic heterocycles. The quantitative estimate of drug-likeness (QED) is 0.776. The Kier molecular flexibility index (Phi) is 5.03. The standard InChI is InChI=1S/C15H24N4O2S/c1-10(2)14-17-18-15(19(14)8-12-4-3-7-21-12)22-9-13(20)16-11-5-6-11/h10-12H,3-9H2,1-2H3,(H,16,20). The minimum atomic E-state index is 0.0882. The van der Waals surface area contributed by atoms with Crippen molar-refractivity contribution in [3.05, 3.63) is 5.82 Å². The van der Waals surface area contributed by atoms with Crippen LogP contribution in [0.5, 0.6) is 0 Å². The number of ether oxygens (including phenoxy) is 1. The third-order valence-electron chi connectivity index (χ3n) is 3.95. The zero-order valence-electron chi connectivity index (χ0n) is 13.2. The van der Waals surface area contributed by atoms with Gasteiger partial charge in [-0.3, -0.25) is 4.79 Å². The number of carbonyl (C=O) groups excluding carboxylic acids is 1. The van der Waals surface area contributed by atoms with E-state index in [2.05, 4.69) is 33.9 Å². The molecule has 0 aromatic carbocycles. The molecule has 1 saturated carbocycles. The van der Waals surface area contributed by atoms with E-state index < -0.39 is 0 Å². The molecule has 1 aromatic rings. The average Bonchev–Trinajstić information content (AvgIpc) is 3.00. The van der Waals surface area contributed by atoms with Crippen molar-refractivity contribution in [2.24, 2.45) is 0 Å². The van der Waals surface area contributed by atoms with Crippen LogP contribution in [0.4, 0.5) is 0 Å². The van der Waals surface area contributed by atoms with E-state index in [0.717, 1.165) is 49.8 Å². The summed E-state index contributed by atoms with van der Waals surface area (Å²) in [7, 11) is 0. The lowest BCUT2D eigenvalue weighted by Gasteiger charge is -2.15. The first-order valence-corrected chi connectivity index (χ1v) is 9.09. The van der Waals surface area contributed by atoms with Crippen molar-refractivity contribution in [2.75, 3.05) is 12.4 Å². The number of thioether (sulfide) groups is 1. The van der Waals surface area contributed by atoms with Crippen LogP contribution in [-0.2, 0) is 16.1 Å². The molecule has 1 saturated heterocycles. The summed E-state index contributed by atoms with van der Waals surface area (Å²) in [6.45, 7) is 5.86. The van der Waals surface area contributed by atoms with Gasteiger partial charge in [0.2, 0.25) is 5.91 Å². The fourth-order valence-electron chi connectivity index (χ4n) is 2.62. The molecule has 1 aliphatic carbocycles. The highest BCUT2D eigenvalue weighted by Crippen LogP contribution is 2.25. The summed E-state index contributed by atoms with van der Waals surface area (Å²) >= 11 is 1.47. The van der Waals surface area contributed by atoms with E-state index in [1.807, 2.05) is 0 Å². The van der Waals surface area contributed by atoms with Crippen LogP contribution in [0.2, 0.25) is 0 Å². The Balaban J connectivity index is 1.64. The zero-order chi connectivity index (χ0) is 15.5. The van der Waals surface area contributed by atoms with E-state index in [9.17, 15) is 4.79 Å². The van der Waals surface area contributed by atoms with Crippen LogP contribution in [0.1, 0.15) is 51.3 Å². The second-order valence-corrected chi connectivity index (χ2v) is 7.31. The maximum absolute atomic E-state index is 11.8. The molecule has 0 spiro atoms. The molecule has 22 heavy (non-hydrogen) atoms. The Labute approximate surface area is 135 Å². The molecule has 1 atom stereocenters. The summed E-state index contributed by atoms with van der Waals surface area (Å²) in [5, 5.41) is 12.4. The van der Waals surface area contributed by atoms with Crippen molar-refractivity contribution in [3.63, 3.8) is 0 Å². The molecule has 0 radical (unpaired) electrons. The predicted octanol–water partition coefficient (Wildman–Crippen LogP) is 1.95. The number of carbonyl (C=O) groups is 1. The first-order chi connectivity index (χ1) is 10.6. The second-order valence-electron chi connectivity index (χ2n) is 6.37. The summed E-state index contributed by atoms with van der Waals surface area (Å²) in [6, 6.07) is 0.407. The van der Waals surface area contributed by atoms with Crippen LogP contribution in [0.3, 0.4) is 0 Å². The second kappa shape index (κ2) is 7.00. The molecule has 1 aromatic heterocycles. The van der Waals surface area contributed by atoms with Crippen molar-refractivity contribution in [2.45, 2.75) is 69.3 Å². The highest BCUT2D eigenvalue weighted by atomic mass is 32.2. The molecule has 1 amide bonds. The monoisotopic (exact) mass is 324 g/mol. The largest absolute Gasteiger partial charge is 0.376 e. The first-order valence-electron chi connectivity index (χ1n) is 8.10. The zero-order valence-corrected chi connectivity index (χ0v) is 14.1. The molecule has 2 heterocycles. The van der Waals surface area contributed by atoms with Crippen molar-refractivity contribution >= 4 is 17.7 Å². The number of aromatic nitrogens is 3. The molecular formula is C15H24N4O2S. The van der Waals surface area contributed by atoms with Crippen LogP contribution >= 0.6 is 11.8 Å². The van der Waals surface area contributed by atoms with Gasteiger partial charge >= 0.3 is 0 Å². The highest BCUT2D eigenvalue weighted by molar-refractivity contribution is 7.99. The number of amides is 1. The van der Waals surface area contributed by atoms with Gasteiger partial charge in [-0.15, -0.1) is 10.2 Å². The minimum absolute atomic E-state index is 0.0882. The van der Waals surface area contributed by atoms with E-state index in [4.69, 9.17) is 4.74 Å². The Morgan fingerprint density at radius 2 is 2.23 bits per heavy atom. The van der Waals surface area contributed by atoms with Crippen molar-refractivity contribution in [3.8, 4) is 0 Å². The number of hydrogen-bond donors (Lipinski definition) is 1. The van der Waals surface area contributed by atoms with Gasteiger partial charge in [-0.05, 0) is 25.7 Å². The van der Waals surface area contributed by atoms with Gasteiger partial charge in [0.05, 0.1) is 18.4 Å². The van der Waals surface area contributed by atoms with Gasteiger partial charge in [-0.1, -0.05) is 25.6 Å². The number of nitrogens with zero attached hydrogens (tertiary/aromatic N) is 3. The smallest absolute Gasteiger partial charge is 0.230 e. The minimum Gasteiger partial charge on any atom is -0.376 e. The maximum atomic E-state index is 11.8. The third-order valence-corrected chi connectivity index (χ3v) is 4.91. The van der Waals surface area contributed by atoms with E-state index in [1.165, 1.54) is 11.8 Å².